The third kappa shape index (κ3) is 2.51. The normalized spacial score (nSPS) is 17.3. The minimum atomic E-state index is 0.157. The zero-order chi connectivity index (χ0) is 13.1. The Labute approximate surface area is 114 Å². The summed E-state index contributed by atoms with van der Waals surface area (Å²) in [6.45, 7) is 2.12. The molecule has 0 heterocycles. The summed E-state index contributed by atoms with van der Waals surface area (Å²) in [5.74, 6) is 0. The van der Waals surface area contributed by atoms with Gasteiger partial charge in [0.2, 0.25) is 0 Å². The van der Waals surface area contributed by atoms with Crippen LogP contribution < -0.4 is 5.32 Å². The average molecular weight is 255 g/mol. The van der Waals surface area contributed by atoms with Crippen LogP contribution in [0.15, 0.2) is 42.5 Å². The molecule has 2 heteroatoms. The molecule has 0 saturated heterocycles. The molecule has 1 fully saturated rings. The zero-order valence-electron chi connectivity index (χ0n) is 11.2. The lowest BCUT2D eigenvalue weighted by atomic mass is 9.69. The van der Waals surface area contributed by atoms with E-state index in [4.69, 9.17) is 0 Å². The van der Waals surface area contributed by atoms with Gasteiger partial charge in [0.15, 0.2) is 0 Å². The van der Waals surface area contributed by atoms with Crippen LogP contribution >= 0.6 is 0 Å². The van der Waals surface area contributed by atoms with Crippen LogP contribution in [0.25, 0.3) is 10.8 Å². The molecule has 0 radical (unpaired) electrons. The van der Waals surface area contributed by atoms with E-state index in [1.54, 1.807) is 0 Å². The molecule has 1 aliphatic rings. The van der Waals surface area contributed by atoms with Gasteiger partial charge in [-0.25, -0.2) is 0 Å². The van der Waals surface area contributed by atoms with Gasteiger partial charge in [0.05, 0.1) is 0 Å². The van der Waals surface area contributed by atoms with Crippen molar-refractivity contribution in [3.05, 3.63) is 48.0 Å². The molecule has 0 bridgehead atoms. The maximum absolute atomic E-state index is 9.47. The van der Waals surface area contributed by atoms with Crippen molar-refractivity contribution in [1.29, 1.82) is 0 Å². The van der Waals surface area contributed by atoms with E-state index in [0.717, 1.165) is 25.9 Å². The van der Waals surface area contributed by atoms with Gasteiger partial charge < -0.3 is 10.4 Å². The van der Waals surface area contributed by atoms with E-state index in [2.05, 4.69) is 47.8 Å². The summed E-state index contributed by atoms with van der Waals surface area (Å²) in [5, 5.41) is 15.6. The SMILES string of the molecule is OCC1(CNCc2cccc3ccccc23)CCC1. The van der Waals surface area contributed by atoms with Gasteiger partial charge in [-0.3, -0.25) is 0 Å². The second kappa shape index (κ2) is 5.32. The molecule has 0 aromatic heterocycles. The first kappa shape index (κ1) is 12.6. The molecule has 3 rings (SSSR count). The molecule has 19 heavy (non-hydrogen) atoms. The van der Waals surface area contributed by atoms with Crippen molar-refractivity contribution in [2.24, 2.45) is 5.41 Å². The Morgan fingerprint density at radius 1 is 1.05 bits per heavy atom. The smallest absolute Gasteiger partial charge is 0.0499 e. The summed E-state index contributed by atoms with van der Waals surface area (Å²) in [6, 6.07) is 14.9. The van der Waals surface area contributed by atoms with Crippen molar-refractivity contribution >= 4 is 10.8 Å². The topological polar surface area (TPSA) is 32.3 Å². The van der Waals surface area contributed by atoms with Crippen LogP contribution in [-0.4, -0.2) is 18.3 Å². The van der Waals surface area contributed by atoms with E-state index in [9.17, 15) is 5.11 Å². The molecular formula is C17H21NO. The van der Waals surface area contributed by atoms with Crippen molar-refractivity contribution < 1.29 is 5.11 Å². The van der Waals surface area contributed by atoms with E-state index in [-0.39, 0.29) is 5.41 Å². The number of aliphatic hydroxyl groups excluding tert-OH is 1. The van der Waals surface area contributed by atoms with Crippen LogP contribution in [0.5, 0.6) is 0 Å². The van der Waals surface area contributed by atoms with Gasteiger partial charge in [-0.05, 0) is 29.2 Å². The molecule has 1 aliphatic carbocycles. The van der Waals surface area contributed by atoms with Gasteiger partial charge in [-0.1, -0.05) is 48.9 Å². The van der Waals surface area contributed by atoms with Gasteiger partial charge in [0, 0.05) is 25.1 Å². The number of rotatable bonds is 5. The minimum absolute atomic E-state index is 0.157. The van der Waals surface area contributed by atoms with Crippen molar-refractivity contribution in [3.63, 3.8) is 0 Å². The lowest BCUT2D eigenvalue weighted by molar-refractivity contribution is 0.0445. The molecule has 0 spiro atoms. The molecule has 0 aliphatic heterocycles. The van der Waals surface area contributed by atoms with Crippen LogP contribution in [-0.2, 0) is 6.54 Å². The van der Waals surface area contributed by atoms with Crippen LogP contribution in [0, 0.1) is 5.41 Å². The molecule has 0 amide bonds. The first-order valence-electron chi connectivity index (χ1n) is 7.11. The Balaban J connectivity index is 1.68. The highest BCUT2D eigenvalue weighted by Crippen LogP contribution is 2.39. The van der Waals surface area contributed by atoms with Crippen LogP contribution in [0.2, 0.25) is 0 Å². The van der Waals surface area contributed by atoms with E-state index < -0.39 is 0 Å². The van der Waals surface area contributed by atoms with Crippen molar-refractivity contribution in [1.82, 2.24) is 5.32 Å². The summed E-state index contributed by atoms with van der Waals surface area (Å²) in [6.07, 6.45) is 3.58. The molecule has 2 aromatic rings. The number of benzene rings is 2. The molecule has 2 N–H and O–H groups in total. The fourth-order valence-corrected chi connectivity index (χ4v) is 2.98. The van der Waals surface area contributed by atoms with Gasteiger partial charge >= 0.3 is 0 Å². The van der Waals surface area contributed by atoms with Gasteiger partial charge in [-0.2, -0.15) is 0 Å². The van der Waals surface area contributed by atoms with Gasteiger partial charge in [0.25, 0.3) is 0 Å². The lowest BCUT2D eigenvalue weighted by Crippen LogP contribution is -2.42. The largest absolute Gasteiger partial charge is 0.396 e. The fourth-order valence-electron chi connectivity index (χ4n) is 2.98. The minimum Gasteiger partial charge on any atom is -0.396 e. The van der Waals surface area contributed by atoms with E-state index >= 15 is 0 Å². The van der Waals surface area contributed by atoms with Crippen LogP contribution in [0.3, 0.4) is 0 Å². The summed E-state index contributed by atoms with van der Waals surface area (Å²) < 4.78 is 0. The molecule has 1 saturated carbocycles. The van der Waals surface area contributed by atoms with Crippen LogP contribution in [0.4, 0.5) is 0 Å². The Kier molecular flexibility index (Phi) is 3.54. The number of fused-ring (bicyclic) bond motifs is 1. The highest BCUT2D eigenvalue weighted by molar-refractivity contribution is 5.85. The van der Waals surface area contributed by atoms with Crippen molar-refractivity contribution in [3.8, 4) is 0 Å². The number of nitrogens with one attached hydrogen (secondary N) is 1. The molecule has 100 valence electrons. The standard InChI is InChI=1S/C17H21NO/c19-13-17(9-4-10-17)12-18-11-15-7-3-6-14-5-1-2-8-16(14)15/h1-3,5-8,18-19H,4,9-13H2. The Hall–Kier alpha value is -1.38. The monoisotopic (exact) mass is 255 g/mol. The van der Waals surface area contributed by atoms with Gasteiger partial charge in [-0.15, -0.1) is 0 Å². The second-order valence-electron chi connectivity index (χ2n) is 5.75. The van der Waals surface area contributed by atoms with E-state index in [1.165, 1.54) is 22.8 Å². The molecule has 0 atom stereocenters. The summed E-state index contributed by atoms with van der Waals surface area (Å²) in [7, 11) is 0. The number of hydrogen-bond donors (Lipinski definition) is 2. The van der Waals surface area contributed by atoms with E-state index in [1.807, 2.05) is 0 Å². The zero-order valence-corrected chi connectivity index (χ0v) is 11.2. The van der Waals surface area contributed by atoms with Crippen LogP contribution in [0.1, 0.15) is 24.8 Å². The Bertz CT molecular complexity index is 549. The molecular weight excluding hydrogens is 234 g/mol. The number of aliphatic hydroxyl groups is 1. The predicted octanol–water partition coefficient (Wildman–Crippen LogP) is 3.09. The second-order valence-corrected chi connectivity index (χ2v) is 5.75. The first-order chi connectivity index (χ1) is 9.33. The Morgan fingerprint density at radius 3 is 2.58 bits per heavy atom. The summed E-state index contributed by atoms with van der Waals surface area (Å²) >= 11 is 0. The lowest BCUT2D eigenvalue weighted by Gasteiger charge is -2.40. The fraction of sp³-hybridized carbons (Fsp3) is 0.412. The number of hydrogen-bond acceptors (Lipinski definition) is 2. The molecule has 2 nitrogen and oxygen atoms in total. The van der Waals surface area contributed by atoms with Crippen molar-refractivity contribution in [2.75, 3.05) is 13.2 Å². The predicted molar refractivity (Wildman–Crippen MR) is 79.0 cm³/mol. The Morgan fingerprint density at radius 2 is 1.84 bits per heavy atom. The van der Waals surface area contributed by atoms with Gasteiger partial charge in [0.1, 0.15) is 0 Å². The third-order valence-electron chi connectivity index (χ3n) is 4.45. The first-order valence-corrected chi connectivity index (χ1v) is 7.11. The highest BCUT2D eigenvalue weighted by Gasteiger charge is 2.35. The summed E-state index contributed by atoms with van der Waals surface area (Å²) in [4.78, 5) is 0. The molecule has 0 unspecified atom stereocenters. The maximum atomic E-state index is 9.47. The van der Waals surface area contributed by atoms with E-state index in [0.29, 0.717) is 6.61 Å². The average Bonchev–Trinajstić information content (AvgIpc) is 2.42. The quantitative estimate of drug-likeness (QED) is 0.860. The summed E-state index contributed by atoms with van der Waals surface area (Å²) in [5.41, 5.74) is 1.50. The maximum Gasteiger partial charge on any atom is 0.0499 e. The third-order valence-corrected chi connectivity index (χ3v) is 4.45. The highest BCUT2D eigenvalue weighted by atomic mass is 16.3. The van der Waals surface area contributed by atoms with Crippen molar-refractivity contribution in [2.45, 2.75) is 25.8 Å². The molecule has 2 aromatic carbocycles.